The lowest BCUT2D eigenvalue weighted by atomic mass is 9.83. The SMILES string of the molecule is Cc1cccc(C(c2ccc(N(C)C)cc2)c2ccc(N(C)C)cc2)c1N. The summed E-state index contributed by atoms with van der Waals surface area (Å²) < 4.78 is 0. The minimum atomic E-state index is 0.109. The van der Waals surface area contributed by atoms with Crippen molar-refractivity contribution in [3.8, 4) is 0 Å². The minimum Gasteiger partial charge on any atom is -0.398 e. The number of benzene rings is 3. The molecule has 3 aromatic rings. The first-order valence-electron chi connectivity index (χ1n) is 9.28. The second kappa shape index (κ2) is 7.75. The summed E-state index contributed by atoms with van der Waals surface area (Å²) in [6.45, 7) is 2.07. The summed E-state index contributed by atoms with van der Waals surface area (Å²) >= 11 is 0. The lowest BCUT2D eigenvalue weighted by Crippen LogP contribution is -2.11. The zero-order valence-corrected chi connectivity index (χ0v) is 16.9. The van der Waals surface area contributed by atoms with Crippen LogP contribution in [0.5, 0.6) is 0 Å². The van der Waals surface area contributed by atoms with E-state index in [1.54, 1.807) is 0 Å². The van der Waals surface area contributed by atoms with Crippen LogP contribution in [0.25, 0.3) is 0 Å². The fraction of sp³-hybridized carbons (Fsp3) is 0.250. The van der Waals surface area contributed by atoms with Gasteiger partial charge in [0.15, 0.2) is 0 Å². The number of nitrogen functional groups attached to an aromatic ring is 1. The zero-order valence-electron chi connectivity index (χ0n) is 16.9. The molecule has 0 aliphatic carbocycles. The van der Waals surface area contributed by atoms with Crippen molar-refractivity contribution in [2.45, 2.75) is 12.8 Å². The maximum Gasteiger partial charge on any atom is 0.0386 e. The summed E-state index contributed by atoms with van der Waals surface area (Å²) in [6.07, 6.45) is 0. The van der Waals surface area contributed by atoms with E-state index in [0.29, 0.717) is 0 Å². The average Bonchev–Trinajstić information content (AvgIpc) is 2.66. The Morgan fingerprint density at radius 3 is 1.52 bits per heavy atom. The number of hydrogen-bond acceptors (Lipinski definition) is 3. The van der Waals surface area contributed by atoms with Crippen molar-refractivity contribution < 1.29 is 0 Å². The highest BCUT2D eigenvalue weighted by Gasteiger charge is 2.20. The van der Waals surface area contributed by atoms with Crippen LogP contribution in [0.3, 0.4) is 0 Å². The summed E-state index contributed by atoms with van der Waals surface area (Å²) in [6, 6.07) is 23.8. The predicted molar refractivity (Wildman–Crippen MR) is 118 cm³/mol. The molecule has 27 heavy (non-hydrogen) atoms. The van der Waals surface area contributed by atoms with E-state index in [4.69, 9.17) is 5.73 Å². The third-order valence-electron chi connectivity index (χ3n) is 5.15. The molecule has 3 rings (SSSR count). The molecule has 0 radical (unpaired) electrons. The second-order valence-electron chi connectivity index (χ2n) is 7.48. The summed E-state index contributed by atoms with van der Waals surface area (Å²) in [4.78, 5) is 4.23. The lowest BCUT2D eigenvalue weighted by molar-refractivity contribution is 0.974. The number of aryl methyl sites for hydroxylation is 1. The van der Waals surface area contributed by atoms with Crippen LogP contribution in [0, 0.1) is 6.92 Å². The molecule has 0 saturated carbocycles. The van der Waals surface area contributed by atoms with Crippen molar-refractivity contribution in [1.29, 1.82) is 0 Å². The van der Waals surface area contributed by atoms with E-state index in [-0.39, 0.29) is 5.92 Å². The van der Waals surface area contributed by atoms with Crippen molar-refractivity contribution >= 4 is 17.1 Å². The van der Waals surface area contributed by atoms with Crippen molar-refractivity contribution in [3.63, 3.8) is 0 Å². The zero-order chi connectivity index (χ0) is 19.6. The van der Waals surface area contributed by atoms with Gasteiger partial charge in [0.1, 0.15) is 0 Å². The quantitative estimate of drug-likeness (QED) is 0.520. The molecule has 0 aromatic heterocycles. The molecule has 0 bridgehead atoms. The predicted octanol–water partition coefficient (Wildman–Crippen LogP) is 4.89. The molecule has 0 amide bonds. The van der Waals surface area contributed by atoms with Crippen LogP contribution in [0.4, 0.5) is 17.1 Å². The molecule has 3 aromatic carbocycles. The van der Waals surface area contributed by atoms with E-state index in [9.17, 15) is 0 Å². The number of nitrogens with two attached hydrogens (primary N) is 1. The summed E-state index contributed by atoms with van der Waals surface area (Å²) in [5.74, 6) is 0.109. The first-order valence-corrected chi connectivity index (χ1v) is 9.28. The van der Waals surface area contributed by atoms with E-state index in [0.717, 1.165) is 16.8 Å². The molecular formula is C24H29N3. The summed E-state index contributed by atoms with van der Waals surface area (Å²) in [5.41, 5.74) is 14.5. The van der Waals surface area contributed by atoms with Gasteiger partial charge in [0.2, 0.25) is 0 Å². The number of hydrogen-bond donors (Lipinski definition) is 1. The summed E-state index contributed by atoms with van der Waals surface area (Å²) in [5, 5.41) is 0. The monoisotopic (exact) mass is 359 g/mol. The van der Waals surface area contributed by atoms with Crippen LogP contribution in [0.1, 0.15) is 28.2 Å². The van der Waals surface area contributed by atoms with Gasteiger partial charge in [-0.15, -0.1) is 0 Å². The number of anilines is 3. The smallest absolute Gasteiger partial charge is 0.0386 e. The second-order valence-corrected chi connectivity index (χ2v) is 7.48. The molecule has 0 atom stereocenters. The number of rotatable bonds is 5. The maximum absolute atomic E-state index is 6.50. The van der Waals surface area contributed by atoms with E-state index < -0.39 is 0 Å². The molecule has 0 aliphatic rings. The molecule has 0 saturated heterocycles. The molecule has 0 heterocycles. The molecule has 0 aliphatic heterocycles. The molecule has 0 spiro atoms. The van der Waals surface area contributed by atoms with Gasteiger partial charge >= 0.3 is 0 Å². The molecule has 0 unspecified atom stereocenters. The van der Waals surface area contributed by atoms with Crippen molar-refractivity contribution in [2.75, 3.05) is 43.7 Å². The first kappa shape index (κ1) is 18.8. The van der Waals surface area contributed by atoms with Crippen LogP contribution in [-0.4, -0.2) is 28.2 Å². The third-order valence-corrected chi connectivity index (χ3v) is 5.15. The highest BCUT2D eigenvalue weighted by molar-refractivity contribution is 5.61. The fourth-order valence-corrected chi connectivity index (χ4v) is 3.44. The van der Waals surface area contributed by atoms with Crippen molar-refractivity contribution in [2.24, 2.45) is 0 Å². The van der Waals surface area contributed by atoms with E-state index in [1.165, 1.54) is 22.5 Å². The Hall–Kier alpha value is -2.94. The molecule has 0 fully saturated rings. The molecule has 140 valence electrons. The van der Waals surface area contributed by atoms with Crippen LogP contribution in [-0.2, 0) is 0 Å². The summed E-state index contributed by atoms with van der Waals surface area (Å²) in [7, 11) is 8.24. The van der Waals surface area contributed by atoms with Crippen LogP contribution < -0.4 is 15.5 Å². The first-order chi connectivity index (χ1) is 12.9. The normalized spacial score (nSPS) is 10.9. The Balaban J connectivity index is 2.12. The van der Waals surface area contributed by atoms with Gasteiger partial charge < -0.3 is 15.5 Å². The Morgan fingerprint density at radius 1 is 0.667 bits per heavy atom. The van der Waals surface area contributed by atoms with E-state index in [2.05, 4.69) is 112 Å². The number of para-hydroxylation sites is 1. The van der Waals surface area contributed by atoms with Gasteiger partial charge in [0, 0.05) is 51.2 Å². The van der Waals surface area contributed by atoms with E-state index in [1.807, 2.05) is 0 Å². The van der Waals surface area contributed by atoms with Gasteiger partial charge in [-0.3, -0.25) is 0 Å². The van der Waals surface area contributed by atoms with Gasteiger partial charge in [-0.2, -0.15) is 0 Å². The molecule has 3 heteroatoms. The van der Waals surface area contributed by atoms with Gasteiger partial charge in [-0.05, 0) is 53.4 Å². The molecule has 2 N–H and O–H groups in total. The fourth-order valence-electron chi connectivity index (χ4n) is 3.44. The number of nitrogens with zero attached hydrogens (tertiary/aromatic N) is 2. The Labute approximate surface area is 163 Å². The van der Waals surface area contributed by atoms with Gasteiger partial charge in [-0.1, -0.05) is 42.5 Å². The van der Waals surface area contributed by atoms with Gasteiger partial charge in [0.05, 0.1) is 0 Å². The Kier molecular flexibility index (Phi) is 5.41. The highest BCUT2D eigenvalue weighted by Crippen LogP contribution is 2.37. The Bertz CT molecular complexity index is 842. The average molecular weight is 360 g/mol. The van der Waals surface area contributed by atoms with Crippen LogP contribution in [0.15, 0.2) is 66.7 Å². The van der Waals surface area contributed by atoms with Crippen LogP contribution in [0.2, 0.25) is 0 Å². The Morgan fingerprint density at radius 2 is 1.11 bits per heavy atom. The highest BCUT2D eigenvalue weighted by atomic mass is 15.1. The topological polar surface area (TPSA) is 32.5 Å². The molecular weight excluding hydrogens is 330 g/mol. The van der Waals surface area contributed by atoms with Crippen LogP contribution >= 0.6 is 0 Å². The minimum absolute atomic E-state index is 0.109. The third kappa shape index (κ3) is 3.92. The van der Waals surface area contributed by atoms with Crippen molar-refractivity contribution in [3.05, 3.63) is 89.0 Å². The van der Waals surface area contributed by atoms with Crippen molar-refractivity contribution in [1.82, 2.24) is 0 Å². The largest absolute Gasteiger partial charge is 0.398 e. The lowest BCUT2D eigenvalue weighted by Gasteiger charge is -2.23. The van der Waals surface area contributed by atoms with Gasteiger partial charge in [0.25, 0.3) is 0 Å². The standard InChI is InChI=1S/C24H29N3/c1-17-7-6-8-22(24(17)25)23(18-9-13-20(14-10-18)26(2)3)19-11-15-21(16-12-19)27(4)5/h6-16,23H,25H2,1-5H3. The van der Waals surface area contributed by atoms with E-state index >= 15 is 0 Å². The molecule has 3 nitrogen and oxygen atoms in total. The maximum atomic E-state index is 6.50. The van der Waals surface area contributed by atoms with Gasteiger partial charge in [-0.25, -0.2) is 0 Å².